The van der Waals surface area contributed by atoms with Gasteiger partial charge >= 0.3 is 5.97 Å². The Morgan fingerprint density at radius 2 is 1.91 bits per heavy atom. The predicted molar refractivity (Wildman–Crippen MR) is 88.6 cm³/mol. The van der Waals surface area contributed by atoms with Gasteiger partial charge in [0.15, 0.2) is 0 Å². The molecule has 1 aromatic carbocycles. The standard InChI is InChI=1S/C16H17BrN2O3/c1-4-19-8-11(17)6-14(19)15(20)18-13-7-12(16(21)22)9(2)5-10(13)3/h5-8H,4H2,1-3H3,(H,18,20)(H,21,22). The van der Waals surface area contributed by atoms with Gasteiger partial charge < -0.3 is 15.0 Å². The lowest BCUT2D eigenvalue weighted by atomic mass is 10.0. The van der Waals surface area contributed by atoms with Crippen molar-refractivity contribution in [3.8, 4) is 0 Å². The third-order valence-corrected chi connectivity index (χ3v) is 3.92. The van der Waals surface area contributed by atoms with E-state index in [1.807, 2.05) is 24.6 Å². The molecule has 0 spiro atoms. The molecule has 5 nitrogen and oxygen atoms in total. The maximum atomic E-state index is 12.4. The van der Waals surface area contributed by atoms with E-state index >= 15 is 0 Å². The number of aryl methyl sites for hydroxylation is 3. The van der Waals surface area contributed by atoms with E-state index in [9.17, 15) is 14.7 Å². The van der Waals surface area contributed by atoms with Crippen LogP contribution in [0.1, 0.15) is 38.9 Å². The third-order valence-electron chi connectivity index (χ3n) is 3.49. The summed E-state index contributed by atoms with van der Waals surface area (Å²) in [6, 6.07) is 4.99. The minimum Gasteiger partial charge on any atom is -0.478 e. The number of amides is 1. The molecule has 6 heteroatoms. The number of nitrogens with zero attached hydrogens (tertiary/aromatic N) is 1. The molecule has 0 radical (unpaired) electrons. The molecule has 0 saturated carbocycles. The first kappa shape index (κ1) is 16.3. The molecule has 22 heavy (non-hydrogen) atoms. The van der Waals surface area contributed by atoms with E-state index in [2.05, 4.69) is 21.2 Å². The van der Waals surface area contributed by atoms with Crippen molar-refractivity contribution in [3.63, 3.8) is 0 Å². The Kier molecular flexibility index (Phi) is 4.71. The number of carboxylic acids is 1. The summed E-state index contributed by atoms with van der Waals surface area (Å²) in [6.07, 6.45) is 1.83. The van der Waals surface area contributed by atoms with Crippen molar-refractivity contribution in [2.24, 2.45) is 0 Å². The van der Waals surface area contributed by atoms with Gasteiger partial charge in [-0.3, -0.25) is 4.79 Å². The summed E-state index contributed by atoms with van der Waals surface area (Å²) >= 11 is 3.35. The summed E-state index contributed by atoms with van der Waals surface area (Å²) in [5.41, 5.74) is 2.71. The number of aromatic carboxylic acids is 1. The van der Waals surface area contributed by atoms with Crippen LogP contribution >= 0.6 is 15.9 Å². The molecule has 0 fully saturated rings. The van der Waals surface area contributed by atoms with Gasteiger partial charge in [-0.15, -0.1) is 0 Å². The fourth-order valence-corrected chi connectivity index (χ4v) is 2.79. The van der Waals surface area contributed by atoms with E-state index < -0.39 is 5.97 Å². The molecule has 2 N–H and O–H groups in total. The van der Waals surface area contributed by atoms with Gasteiger partial charge in [-0.25, -0.2) is 4.79 Å². The van der Waals surface area contributed by atoms with Gasteiger partial charge in [-0.1, -0.05) is 6.07 Å². The summed E-state index contributed by atoms with van der Waals surface area (Å²) in [6.45, 7) is 6.19. The van der Waals surface area contributed by atoms with Crippen LogP contribution in [0.3, 0.4) is 0 Å². The van der Waals surface area contributed by atoms with Gasteiger partial charge in [0.25, 0.3) is 5.91 Å². The van der Waals surface area contributed by atoms with Gasteiger partial charge in [0.2, 0.25) is 0 Å². The van der Waals surface area contributed by atoms with Gasteiger partial charge in [-0.05, 0) is 60.0 Å². The molecule has 0 saturated heterocycles. The molecule has 1 amide bonds. The van der Waals surface area contributed by atoms with Crippen molar-refractivity contribution in [1.82, 2.24) is 4.57 Å². The lowest BCUT2D eigenvalue weighted by Crippen LogP contribution is -2.17. The van der Waals surface area contributed by atoms with Crippen LogP contribution in [0.2, 0.25) is 0 Å². The molecule has 0 aliphatic heterocycles. The molecule has 1 aromatic heterocycles. The number of nitrogens with one attached hydrogen (secondary N) is 1. The Morgan fingerprint density at radius 3 is 2.50 bits per heavy atom. The lowest BCUT2D eigenvalue weighted by Gasteiger charge is -2.12. The highest BCUT2D eigenvalue weighted by molar-refractivity contribution is 9.10. The summed E-state index contributed by atoms with van der Waals surface area (Å²) in [5.74, 6) is -1.27. The number of carbonyl (C=O) groups excluding carboxylic acids is 1. The first-order valence-corrected chi connectivity index (χ1v) is 7.64. The molecule has 0 atom stereocenters. The quantitative estimate of drug-likeness (QED) is 0.865. The summed E-state index contributed by atoms with van der Waals surface area (Å²) in [4.78, 5) is 23.6. The average molecular weight is 365 g/mol. The number of halogens is 1. The topological polar surface area (TPSA) is 71.3 Å². The van der Waals surface area contributed by atoms with E-state index in [-0.39, 0.29) is 11.5 Å². The van der Waals surface area contributed by atoms with Crippen molar-refractivity contribution in [3.05, 3.63) is 51.3 Å². The Balaban J connectivity index is 2.36. The van der Waals surface area contributed by atoms with Crippen molar-refractivity contribution in [1.29, 1.82) is 0 Å². The third kappa shape index (κ3) is 3.22. The fraction of sp³-hybridized carbons (Fsp3) is 0.250. The molecule has 1 heterocycles. The van der Waals surface area contributed by atoms with Crippen molar-refractivity contribution >= 4 is 33.5 Å². The number of hydrogen-bond donors (Lipinski definition) is 2. The highest BCUT2D eigenvalue weighted by Crippen LogP contribution is 2.22. The highest BCUT2D eigenvalue weighted by atomic mass is 79.9. The maximum Gasteiger partial charge on any atom is 0.336 e. The van der Waals surface area contributed by atoms with Crippen molar-refractivity contribution in [2.45, 2.75) is 27.3 Å². The number of aromatic nitrogens is 1. The van der Waals surface area contributed by atoms with Crippen molar-refractivity contribution in [2.75, 3.05) is 5.32 Å². The second-order valence-electron chi connectivity index (χ2n) is 5.07. The predicted octanol–water partition coefficient (Wildman–Crippen LogP) is 3.84. The largest absolute Gasteiger partial charge is 0.478 e. The van der Waals surface area contributed by atoms with Gasteiger partial charge in [0, 0.05) is 22.9 Å². The first-order valence-electron chi connectivity index (χ1n) is 6.85. The molecule has 0 aliphatic rings. The van der Waals surface area contributed by atoms with Crippen LogP contribution in [0.15, 0.2) is 28.9 Å². The van der Waals surface area contributed by atoms with Crippen LogP contribution in [-0.4, -0.2) is 21.6 Å². The summed E-state index contributed by atoms with van der Waals surface area (Å²) < 4.78 is 2.65. The molecule has 0 unspecified atom stereocenters. The van der Waals surface area contributed by atoms with Gasteiger partial charge in [0.05, 0.1) is 5.56 Å². The SMILES string of the molecule is CCn1cc(Br)cc1C(=O)Nc1cc(C(=O)O)c(C)cc1C. The smallest absolute Gasteiger partial charge is 0.336 e. The van der Waals surface area contributed by atoms with E-state index in [0.29, 0.717) is 23.5 Å². The molecule has 2 aromatic rings. The highest BCUT2D eigenvalue weighted by Gasteiger charge is 2.16. The normalized spacial score (nSPS) is 10.5. The van der Waals surface area contributed by atoms with Crippen LogP contribution in [0.5, 0.6) is 0 Å². The molecular weight excluding hydrogens is 348 g/mol. The maximum absolute atomic E-state index is 12.4. The second kappa shape index (κ2) is 6.36. The monoisotopic (exact) mass is 364 g/mol. The molecule has 2 rings (SSSR count). The molecule has 116 valence electrons. The Hall–Kier alpha value is -2.08. The zero-order chi connectivity index (χ0) is 16.4. The molecular formula is C16H17BrN2O3. The molecule has 0 aliphatic carbocycles. The van der Waals surface area contributed by atoms with Crippen LogP contribution < -0.4 is 5.32 Å². The lowest BCUT2D eigenvalue weighted by molar-refractivity contribution is 0.0695. The van der Waals surface area contributed by atoms with E-state index in [1.54, 1.807) is 19.1 Å². The van der Waals surface area contributed by atoms with Gasteiger partial charge in [-0.2, -0.15) is 0 Å². The van der Waals surface area contributed by atoms with Crippen molar-refractivity contribution < 1.29 is 14.7 Å². The first-order chi connectivity index (χ1) is 10.3. The Bertz CT molecular complexity index is 750. The number of benzene rings is 1. The number of rotatable bonds is 4. The summed E-state index contributed by atoms with van der Waals surface area (Å²) in [7, 11) is 0. The zero-order valence-corrected chi connectivity index (χ0v) is 14.2. The van der Waals surface area contributed by atoms with Crippen LogP contribution in [-0.2, 0) is 6.54 Å². The van der Waals surface area contributed by atoms with E-state index in [0.717, 1.165) is 10.0 Å². The Morgan fingerprint density at radius 1 is 1.23 bits per heavy atom. The number of carbonyl (C=O) groups is 2. The van der Waals surface area contributed by atoms with E-state index in [4.69, 9.17) is 0 Å². The minimum atomic E-state index is -1.01. The minimum absolute atomic E-state index is 0.188. The molecule has 0 bridgehead atoms. The van der Waals surface area contributed by atoms with Crippen LogP contribution in [0.4, 0.5) is 5.69 Å². The summed E-state index contributed by atoms with van der Waals surface area (Å²) in [5, 5.41) is 12.0. The number of hydrogen-bond acceptors (Lipinski definition) is 2. The number of carboxylic acid groups (broad SMARTS) is 1. The number of anilines is 1. The van der Waals surface area contributed by atoms with E-state index in [1.165, 1.54) is 6.07 Å². The van der Waals surface area contributed by atoms with Crippen LogP contribution in [0, 0.1) is 13.8 Å². The average Bonchev–Trinajstić information content (AvgIpc) is 2.82. The fourth-order valence-electron chi connectivity index (χ4n) is 2.33. The van der Waals surface area contributed by atoms with Crippen LogP contribution in [0.25, 0.3) is 0 Å². The zero-order valence-electron chi connectivity index (χ0n) is 12.6. The Labute approximate surface area is 137 Å². The second-order valence-corrected chi connectivity index (χ2v) is 5.99. The van der Waals surface area contributed by atoms with Gasteiger partial charge in [0.1, 0.15) is 5.69 Å².